The Bertz CT molecular complexity index is 1150. The monoisotopic (exact) mass is 448 g/mol. The highest BCUT2D eigenvalue weighted by molar-refractivity contribution is 7.92. The quantitative estimate of drug-likeness (QED) is 0.456. The normalized spacial score (nSPS) is 12.4. The van der Waals surface area contributed by atoms with Crippen molar-refractivity contribution in [1.29, 1.82) is 0 Å². The van der Waals surface area contributed by atoms with Crippen molar-refractivity contribution in [2.45, 2.75) is 16.7 Å². The first-order valence-electron chi connectivity index (χ1n) is 8.40. The summed E-state index contributed by atoms with van der Waals surface area (Å²) in [5.41, 5.74) is 1.28. The predicted octanol–water partition coefficient (Wildman–Crippen LogP) is 3.81. The van der Waals surface area contributed by atoms with Crippen molar-refractivity contribution in [2.24, 2.45) is 0 Å². The molecule has 1 atom stereocenters. The summed E-state index contributed by atoms with van der Waals surface area (Å²) in [5.74, 6) is -0.408. The second kappa shape index (κ2) is 8.54. The van der Waals surface area contributed by atoms with Crippen molar-refractivity contribution >= 4 is 44.3 Å². The summed E-state index contributed by atoms with van der Waals surface area (Å²) in [6, 6.07) is 13.3. The van der Waals surface area contributed by atoms with E-state index < -0.39 is 27.0 Å². The minimum Gasteiger partial charge on any atom is -0.612 e. The zero-order chi connectivity index (χ0) is 21.2. The van der Waals surface area contributed by atoms with Crippen LogP contribution in [0.4, 0.5) is 5.69 Å². The van der Waals surface area contributed by atoms with Crippen LogP contribution in [0.3, 0.4) is 0 Å². The maximum absolute atomic E-state index is 12.9. The van der Waals surface area contributed by atoms with E-state index in [0.717, 1.165) is 5.69 Å². The molecule has 1 aromatic heterocycles. The maximum atomic E-state index is 12.9. The number of pyridine rings is 1. The van der Waals surface area contributed by atoms with E-state index in [1.54, 1.807) is 19.1 Å². The van der Waals surface area contributed by atoms with E-state index in [1.165, 1.54) is 54.9 Å². The van der Waals surface area contributed by atoms with E-state index in [1.807, 2.05) is 0 Å². The molecule has 1 unspecified atom stereocenters. The lowest BCUT2D eigenvalue weighted by atomic mass is 10.0. The van der Waals surface area contributed by atoms with Gasteiger partial charge in [-0.2, -0.15) is 0 Å². The van der Waals surface area contributed by atoms with Crippen LogP contribution >= 0.6 is 11.6 Å². The summed E-state index contributed by atoms with van der Waals surface area (Å²) >= 11 is 4.82. The largest absolute Gasteiger partial charge is 0.612 e. The molecule has 1 heterocycles. The first kappa shape index (κ1) is 21.3. The fourth-order valence-corrected chi connectivity index (χ4v) is 4.34. The molecule has 3 aromatic rings. The number of rotatable bonds is 6. The number of carbonyl (C=O) groups is 1. The van der Waals surface area contributed by atoms with Gasteiger partial charge in [-0.1, -0.05) is 11.6 Å². The average Bonchev–Trinajstić information content (AvgIpc) is 2.69. The van der Waals surface area contributed by atoms with Gasteiger partial charge in [0.1, 0.15) is 6.26 Å². The summed E-state index contributed by atoms with van der Waals surface area (Å²) in [4.78, 5) is 17.5. The first-order chi connectivity index (χ1) is 13.7. The molecule has 0 aliphatic carbocycles. The number of aryl methyl sites for hydroxylation is 1. The predicted molar refractivity (Wildman–Crippen MR) is 113 cm³/mol. The molecule has 0 bridgehead atoms. The number of benzene rings is 2. The SMILES string of the molecule is Cc1ccc(C(=O)c2cc(Cl)ccc2NS(=O)(=O)c2ccc([S+](C)[O-])cc2)cn1. The van der Waals surface area contributed by atoms with Crippen LogP contribution in [0.5, 0.6) is 0 Å². The van der Waals surface area contributed by atoms with E-state index >= 15 is 0 Å². The Hall–Kier alpha value is -2.39. The molecule has 0 fully saturated rings. The van der Waals surface area contributed by atoms with E-state index in [4.69, 9.17) is 11.6 Å². The van der Waals surface area contributed by atoms with Gasteiger partial charge in [-0.05, 0) is 72.7 Å². The van der Waals surface area contributed by atoms with Gasteiger partial charge in [-0.25, -0.2) is 8.42 Å². The fraction of sp³-hybridized carbons (Fsp3) is 0.100. The third-order valence-corrected chi connectivity index (χ3v) is 6.66. The number of anilines is 1. The summed E-state index contributed by atoms with van der Waals surface area (Å²) in [7, 11) is -3.97. The van der Waals surface area contributed by atoms with Crippen LogP contribution in [0.25, 0.3) is 0 Å². The lowest BCUT2D eigenvalue weighted by Gasteiger charge is -2.13. The molecule has 0 aliphatic heterocycles. The minimum absolute atomic E-state index is 0.0166. The van der Waals surface area contributed by atoms with Gasteiger partial charge in [0.2, 0.25) is 0 Å². The third kappa shape index (κ3) is 4.97. The zero-order valence-electron chi connectivity index (χ0n) is 15.5. The molecule has 0 spiro atoms. The molecule has 0 saturated carbocycles. The number of sulfonamides is 1. The van der Waals surface area contributed by atoms with Crippen LogP contribution in [-0.4, -0.2) is 30.0 Å². The second-order valence-corrected chi connectivity index (χ2v) is 9.74. The Morgan fingerprint density at radius 1 is 1.10 bits per heavy atom. The first-order valence-corrected chi connectivity index (χ1v) is 11.8. The molecule has 150 valence electrons. The molecule has 2 aromatic carbocycles. The number of aromatic nitrogens is 1. The van der Waals surface area contributed by atoms with Gasteiger partial charge in [0.15, 0.2) is 10.7 Å². The molecule has 29 heavy (non-hydrogen) atoms. The highest BCUT2D eigenvalue weighted by atomic mass is 35.5. The number of carbonyl (C=O) groups excluding carboxylic acids is 1. The average molecular weight is 449 g/mol. The van der Waals surface area contributed by atoms with Gasteiger partial charge in [0.05, 0.1) is 10.6 Å². The molecule has 0 saturated heterocycles. The molecule has 0 radical (unpaired) electrons. The zero-order valence-corrected chi connectivity index (χ0v) is 17.9. The lowest BCUT2D eigenvalue weighted by Crippen LogP contribution is -2.16. The molecular formula is C20H17ClN2O4S2. The van der Waals surface area contributed by atoms with Crippen molar-refractivity contribution < 1.29 is 17.8 Å². The molecule has 0 amide bonds. The summed E-state index contributed by atoms with van der Waals surface area (Å²) in [6.07, 6.45) is 2.94. The molecule has 0 aliphatic rings. The highest BCUT2D eigenvalue weighted by Gasteiger charge is 2.21. The summed E-state index contributed by atoms with van der Waals surface area (Å²) in [6.45, 7) is 1.80. The van der Waals surface area contributed by atoms with Crippen LogP contribution in [0.15, 0.2) is 70.6 Å². The van der Waals surface area contributed by atoms with Crippen molar-refractivity contribution in [3.05, 3.63) is 82.6 Å². The second-order valence-electron chi connectivity index (χ2n) is 6.24. The van der Waals surface area contributed by atoms with E-state index in [9.17, 15) is 17.8 Å². The molecular weight excluding hydrogens is 432 g/mol. The van der Waals surface area contributed by atoms with E-state index in [2.05, 4.69) is 9.71 Å². The Kier molecular flexibility index (Phi) is 6.28. The summed E-state index contributed by atoms with van der Waals surface area (Å²) in [5, 5.41) is 0.297. The number of hydrogen-bond acceptors (Lipinski definition) is 5. The number of nitrogens with zero attached hydrogens (tertiary/aromatic N) is 1. The van der Waals surface area contributed by atoms with E-state index in [0.29, 0.717) is 15.5 Å². The van der Waals surface area contributed by atoms with Gasteiger partial charge in [-0.15, -0.1) is 0 Å². The van der Waals surface area contributed by atoms with Crippen molar-refractivity contribution in [2.75, 3.05) is 11.0 Å². The van der Waals surface area contributed by atoms with Crippen molar-refractivity contribution in [3.63, 3.8) is 0 Å². The standard InChI is InChI=1S/C20H17ClN2O4S2/c1-13-3-4-14(12-22-13)20(24)18-11-15(21)5-10-19(18)23-29(26,27)17-8-6-16(7-9-17)28(2)25/h3-12,23H,1-2H3. The van der Waals surface area contributed by atoms with Gasteiger partial charge >= 0.3 is 0 Å². The fourth-order valence-electron chi connectivity index (χ4n) is 2.57. The molecule has 9 heteroatoms. The topological polar surface area (TPSA) is 99.2 Å². The van der Waals surface area contributed by atoms with Crippen LogP contribution in [0.2, 0.25) is 5.02 Å². The van der Waals surface area contributed by atoms with Crippen LogP contribution in [0, 0.1) is 6.92 Å². The Morgan fingerprint density at radius 2 is 1.79 bits per heavy atom. The summed E-state index contributed by atoms with van der Waals surface area (Å²) < 4.78 is 39.5. The molecule has 6 nitrogen and oxygen atoms in total. The highest BCUT2D eigenvalue weighted by Crippen LogP contribution is 2.26. The number of halogens is 1. The van der Waals surface area contributed by atoms with Crippen LogP contribution < -0.4 is 4.72 Å². The lowest BCUT2D eigenvalue weighted by molar-refractivity contribution is 0.103. The van der Waals surface area contributed by atoms with E-state index in [-0.39, 0.29) is 16.1 Å². The van der Waals surface area contributed by atoms with Crippen molar-refractivity contribution in [3.8, 4) is 0 Å². The minimum atomic E-state index is -3.97. The van der Waals surface area contributed by atoms with Gasteiger partial charge in [0, 0.05) is 28.0 Å². The van der Waals surface area contributed by atoms with Crippen LogP contribution in [0.1, 0.15) is 21.6 Å². The Balaban J connectivity index is 1.96. The smallest absolute Gasteiger partial charge is 0.261 e. The van der Waals surface area contributed by atoms with Gasteiger partial charge < -0.3 is 4.55 Å². The Labute approximate surface area is 177 Å². The molecule has 1 N–H and O–H groups in total. The third-order valence-electron chi connectivity index (χ3n) is 4.11. The number of hydrogen-bond donors (Lipinski definition) is 1. The number of nitrogens with one attached hydrogen (secondary N) is 1. The van der Waals surface area contributed by atoms with Gasteiger partial charge in [0.25, 0.3) is 10.0 Å². The number of ketones is 1. The molecule has 3 rings (SSSR count). The Morgan fingerprint density at radius 3 is 2.38 bits per heavy atom. The van der Waals surface area contributed by atoms with Crippen LogP contribution in [-0.2, 0) is 21.2 Å². The van der Waals surface area contributed by atoms with Crippen molar-refractivity contribution in [1.82, 2.24) is 4.98 Å². The maximum Gasteiger partial charge on any atom is 0.261 e. The van der Waals surface area contributed by atoms with Gasteiger partial charge in [-0.3, -0.25) is 14.5 Å².